The van der Waals surface area contributed by atoms with Crippen molar-refractivity contribution in [3.63, 3.8) is 0 Å². The average Bonchev–Trinajstić information content (AvgIpc) is 3.33. The monoisotopic (exact) mass is 594 g/mol. The highest BCUT2D eigenvalue weighted by Crippen LogP contribution is 2.48. The van der Waals surface area contributed by atoms with Crippen molar-refractivity contribution in [1.29, 1.82) is 0 Å². The van der Waals surface area contributed by atoms with E-state index in [1.807, 2.05) is 47.5 Å². The number of halogens is 1. The number of hydrogen-bond acceptors (Lipinski definition) is 7. The van der Waals surface area contributed by atoms with Crippen LogP contribution in [0, 0.1) is 0 Å². The number of para-hydroxylation sites is 2. The van der Waals surface area contributed by atoms with Gasteiger partial charge in [-0.05, 0) is 47.9 Å². The van der Waals surface area contributed by atoms with Crippen molar-refractivity contribution in [1.82, 2.24) is 25.3 Å². The summed E-state index contributed by atoms with van der Waals surface area (Å²) >= 11 is 6.34. The number of ether oxygens (including phenoxy) is 1. The molecule has 0 saturated carbocycles. The summed E-state index contributed by atoms with van der Waals surface area (Å²) in [5.41, 5.74) is 8.33. The second-order valence-corrected chi connectivity index (χ2v) is 11.3. The molecule has 3 heterocycles. The SMILES string of the molecule is COc1ccccc1N1CCN(CC2=C(C)N(NC(=O)c3cnccn3)C(c3ccccc3)(c3ccc(Cl)cc3)C2)CC1. The van der Waals surface area contributed by atoms with Crippen LogP contribution < -0.4 is 15.1 Å². The van der Waals surface area contributed by atoms with Crippen LogP contribution in [0.1, 0.15) is 35.0 Å². The third-order valence-corrected chi connectivity index (χ3v) is 8.74. The van der Waals surface area contributed by atoms with E-state index in [1.165, 1.54) is 18.0 Å². The standard InChI is InChI=1S/C34H35ClN6O2/c1-25-26(24-39-18-20-40(21-19-39)31-10-6-7-11-32(31)43-2)22-34(27-8-4-3-5-9-27,28-12-14-29(35)15-13-28)41(25)38-33(42)30-23-36-16-17-37-30/h3-17,23H,18-22,24H2,1-2H3,(H,38,42). The molecule has 2 aliphatic rings. The van der Waals surface area contributed by atoms with Crippen LogP contribution in [0.2, 0.25) is 5.02 Å². The number of allylic oxidation sites excluding steroid dienone is 1. The van der Waals surface area contributed by atoms with Crippen molar-refractivity contribution >= 4 is 23.2 Å². The smallest absolute Gasteiger partial charge is 0.290 e. The van der Waals surface area contributed by atoms with Gasteiger partial charge in [-0.15, -0.1) is 0 Å². The Kier molecular flexibility index (Phi) is 8.31. The maximum atomic E-state index is 13.5. The number of hydrazine groups is 1. The molecule has 220 valence electrons. The van der Waals surface area contributed by atoms with Crippen LogP contribution in [-0.2, 0) is 5.54 Å². The van der Waals surface area contributed by atoms with Crippen LogP contribution in [0.5, 0.6) is 5.75 Å². The third kappa shape index (κ3) is 5.68. The number of benzene rings is 3. The number of piperazine rings is 1. The first-order valence-corrected chi connectivity index (χ1v) is 14.8. The molecule has 4 aromatic rings. The van der Waals surface area contributed by atoms with Crippen LogP contribution in [0.3, 0.4) is 0 Å². The van der Waals surface area contributed by atoms with Gasteiger partial charge >= 0.3 is 0 Å². The van der Waals surface area contributed by atoms with Crippen molar-refractivity contribution in [3.8, 4) is 5.75 Å². The van der Waals surface area contributed by atoms with Gasteiger partial charge in [-0.3, -0.25) is 25.1 Å². The van der Waals surface area contributed by atoms with E-state index in [-0.39, 0.29) is 11.6 Å². The van der Waals surface area contributed by atoms with E-state index in [0.717, 1.165) is 61.0 Å². The molecule has 2 aliphatic heterocycles. The Labute approximate surface area is 257 Å². The van der Waals surface area contributed by atoms with Gasteiger partial charge in [-0.1, -0.05) is 66.2 Å². The van der Waals surface area contributed by atoms with Crippen molar-refractivity contribution in [2.24, 2.45) is 0 Å². The highest BCUT2D eigenvalue weighted by Gasteiger charge is 2.48. The molecule has 8 nitrogen and oxygen atoms in total. The van der Waals surface area contributed by atoms with Crippen LogP contribution in [0.25, 0.3) is 0 Å². The lowest BCUT2D eigenvalue weighted by molar-refractivity contribution is 0.0688. The fourth-order valence-electron chi connectivity index (χ4n) is 6.26. The van der Waals surface area contributed by atoms with Crippen LogP contribution >= 0.6 is 11.6 Å². The molecule has 3 aromatic carbocycles. The Hall–Kier alpha value is -4.40. The number of methoxy groups -OCH3 is 1. The topological polar surface area (TPSA) is 73.8 Å². The Morgan fingerprint density at radius 3 is 2.33 bits per heavy atom. The Balaban J connectivity index is 1.32. The summed E-state index contributed by atoms with van der Waals surface area (Å²) in [6, 6.07) is 26.5. The summed E-state index contributed by atoms with van der Waals surface area (Å²) in [5.74, 6) is 0.587. The highest BCUT2D eigenvalue weighted by atomic mass is 35.5. The molecule has 1 aromatic heterocycles. The molecule has 6 rings (SSSR count). The summed E-state index contributed by atoms with van der Waals surface area (Å²) in [5, 5.41) is 2.70. The van der Waals surface area contributed by atoms with Gasteiger partial charge < -0.3 is 9.64 Å². The lowest BCUT2D eigenvalue weighted by Crippen LogP contribution is -2.52. The van der Waals surface area contributed by atoms with Crippen LogP contribution in [0.4, 0.5) is 5.69 Å². The Morgan fingerprint density at radius 2 is 1.63 bits per heavy atom. The minimum atomic E-state index is -0.678. The molecule has 1 atom stereocenters. The molecule has 0 spiro atoms. The summed E-state index contributed by atoms with van der Waals surface area (Å²) in [4.78, 5) is 26.8. The van der Waals surface area contributed by atoms with E-state index in [9.17, 15) is 4.79 Å². The molecule has 1 fully saturated rings. The number of anilines is 1. The second-order valence-electron chi connectivity index (χ2n) is 10.9. The van der Waals surface area contributed by atoms with E-state index in [2.05, 4.69) is 68.5 Å². The number of hydrogen-bond donors (Lipinski definition) is 1. The van der Waals surface area contributed by atoms with Gasteiger partial charge in [0.15, 0.2) is 0 Å². The normalized spacial score (nSPS) is 19.0. The van der Waals surface area contributed by atoms with Gasteiger partial charge in [-0.25, -0.2) is 4.98 Å². The number of rotatable bonds is 8. The minimum Gasteiger partial charge on any atom is -0.495 e. The fraction of sp³-hybridized carbons (Fsp3) is 0.265. The molecule has 1 amide bonds. The molecule has 1 unspecified atom stereocenters. The lowest BCUT2D eigenvalue weighted by Gasteiger charge is -2.42. The summed E-state index contributed by atoms with van der Waals surface area (Å²) < 4.78 is 5.62. The molecule has 0 radical (unpaired) electrons. The van der Waals surface area contributed by atoms with E-state index < -0.39 is 5.54 Å². The highest BCUT2D eigenvalue weighted by molar-refractivity contribution is 6.30. The predicted molar refractivity (Wildman–Crippen MR) is 169 cm³/mol. The van der Waals surface area contributed by atoms with Gasteiger partial charge in [0.25, 0.3) is 5.91 Å². The van der Waals surface area contributed by atoms with Crippen LogP contribution in [0.15, 0.2) is 109 Å². The number of nitrogens with zero attached hydrogens (tertiary/aromatic N) is 5. The van der Waals surface area contributed by atoms with E-state index in [1.54, 1.807) is 13.3 Å². The largest absolute Gasteiger partial charge is 0.495 e. The number of carbonyl (C=O) groups is 1. The van der Waals surface area contributed by atoms with Crippen LogP contribution in [-0.4, -0.2) is 65.6 Å². The quantitative estimate of drug-likeness (QED) is 0.288. The average molecular weight is 595 g/mol. The first kappa shape index (κ1) is 28.7. The Bertz CT molecular complexity index is 1590. The number of aromatic nitrogens is 2. The minimum absolute atomic E-state index is 0.259. The van der Waals surface area contributed by atoms with Crippen molar-refractivity contribution in [2.75, 3.05) is 44.7 Å². The van der Waals surface area contributed by atoms with Gasteiger partial charge in [-0.2, -0.15) is 0 Å². The maximum Gasteiger partial charge on any atom is 0.290 e. The van der Waals surface area contributed by atoms with Gasteiger partial charge in [0.2, 0.25) is 0 Å². The van der Waals surface area contributed by atoms with E-state index in [0.29, 0.717) is 11.4 Å². The van der Waals surface area contributed by atoms with Gasteiger partial charge in [0, 0.05) is 62.3 Å². The molecular formula is C34H35ClN6O2. The number of amides is 1. The predicted octanol–water partition coefficient (Wildman–Crippen LogP) is 5.53. The summed E-state index contributed by atoms with van der Waals surface area (Å²) in [7, 11) is 1.72. The zero-order valence-electron chi connectivity index (χ0n) is 24.4. The van der Waals surface area contributed by atoms with Crippen molar-refractivity contribution < 1.29 is 9.53 Å². The molecule has 0 bridgehead atoms. The first-order chi connectivity index (χ1) is 21.0. The van der Waals surface area contributed by atoms with Crippen molar-refractivity contribution in [2.45, 2.75) is 18.9 Å². The fourth-order valence-corrected chi connectivity index (χ4v) is 6.39. The second kappa shape index (κ2) is 12.5. The summed E-state index contributed by atoms with van der Waals surface area (Å²) in [6.07, 6.45) is 5.28. The number of nitrogens with one attached hydrogen (secondary N) is 1. The third-order valence-electron chi connectivity index (χ3n) is 8.49. The zero-order chi connectivity index (χ0) is 29.8. The van der Waals surface area contributed by atoms with E-state index in [4.69, 9.17) is 16.3 Å². The molecule has 1 N–H and O–H groups in total. The lowest BCUT2D eigenvalue weighted by atomic mass is 9.79. The van der Waals surface area contributed by atoms with E-state index >= 15 is 0 Å². The maximum absolute atomic E-state index is 13.5. The first-order valence-electron chi connectivity index (χ1n) is 14.5. The molecular weight excluding hydrogens is 560 g/mol. The molecule has 1 saturated heterocycles. The van der Waals surface area contributed by atoms with Gasteiger partial charge in [0.1, 0.15) is 17.0 Å². The molecule has 0 aliphatic carbocycles. The zero-order valence-corrected chi connectivity index (χ0v) is 25.2. The summed E-state index contributed by atoms with van der Waals surface area (Å²) in [6.45, 7) is 6.53. The van der Waals surface area contributed by atoms with Crippen molar-refractivity contribution in [3.05, 3.63) is 131 Å². The molecule has 43 heavy (non-hydrogen) atoms. The molecule has 9 heteroatoms. The Morgan fingerprint density at radius 1 is 0.930 bits per heavy atom. The van der Waals surface area contributed by atoms with Gasteiger partial charge in [0.05, 0.1) is 19.0 Å². The number of carbonyl (C=O) groups excluding carboxylic acids is 1.